The molecule has 0 bridgehead atoms. The highest BCUT2D eigenvalue weighted by Gasteiger charge is 2.31. The van der Waals surface area contributed by atoms with Crippen LogP contribution in [0.5, 0.6) is 23.0 Å². The fourth-order valence-electron chi connectivity index (χ4n) is 2.92. The molecule has 0 radical (unpaired) electrons. The molecular formula is C20H24O6S. The molecule has 0 spiro atoms. The second-order valence-corrected chi connectivity index (χ2v) is 7.98. The summed E-state index contributed by atoms with van der Waals surface area (Å²) in [4.78, 5) is 0.0112. The van der Waals surface area contributed by atoms with Crippen LogP contribution in [0.15, 0.2) is 35.2 Å². The van der Waals surface area contributed by atoms with Crippen LogP contribution in [-0.2, 0) is 9.84 Å². The van der Waals surface area contributed by atoms with Crippen LogP contribution in [0.4, 0.5) is 0 Å². The number of phenolic OH excluding ortho intramolecular Hbond substituents is 2. The van der Waals surface area contributed by atoms with Gasteiger partial charge in [0.1, 0.15) is 0 Å². The molecule has 2 rings (SSSR count). The summed E-state index contributed by atoms with van der Waals surface area (Å²) in [7, 11) is -1.33. The van der Waals surface area contributed by atoms with Crippen molar-refractivity contribution in [1.29, 1.82) is 0 Å². The average Bonchev–Trinajstić information content (AvgIpc) is 2.63. The lowest BCUT2D eigenvalue weighted by molar-refractivity contribution is 0.315. The lowest BCUT2D eigenvalue weighted by Gasteiger charge is -2.20. The van der Waals surface area contributed by atoms with E-state index in [4.69, 9.17) is 9.47 Å². The van der Waals surface area contributed by atoms with E-state index in [1.54, 1.807) is 32.0 Å². The lowest BCUT2D eigenvalue weighted by Crippen LogP contribution is -2.08. The van der Waals surface area contributed by atoms with Crippen molar-refractivity contribution >= 4 is 14.7 Å². The Morgan fingerprint density at radius 1 is 1.07 bits per heavy atom. The maximum atomic E-state index is 13.3. The number of sulfone groups is 1. The van der Waals surface area contributed by atoms with Crippen molar-refractivity contribution in [3.63, 3.8) is 0 Å². The number of ether oxygens (including phenoxy) is 2. The van der Waals surface area contributed by atoms with Crippen LogP contribution in [-0.4, -0.2) is 32.9 Å². The number of allylic oxidation sites excluding steroid dienone is 1. The number of hydrogen-bond donors (Lipinski definition) is 2. The molecule has 2 aromatic carbocycles. The van der Waals surface area contributed by atoms with Gasteiger partial charge in [0.2, 0.25) is 21.3 Å². The molecule has 0 saturated carbocycles. The van der Waals surface area contributed by atoms with E-state index < -0.39 is 15.6 Å². The van der Waals surface area contributed by atoms with Crippen LogP contribution < -0.4 is 9.47 Å². The van der Waals surface area contributed by atoms with Crippen LogP contribution in [0.2, 0.25) is 0 Å². The lowest BCUT2D eigenvalue weighted by atomic mass is 10.0. The molecule has 0 unspecified atom stereocenters. The molecule has 0 amide bonds. The number of methoxy groups -OCH3 is 2. The third-order valence-electron chi connectivity index (χ3n) is 4.24. The van der Waals surface area contributed by atoms with E-state index in [1.807, 2.05) is 0 Å². The van der Waals surface area contributed by atoms with Gasteiger partial charge in [-0.05, 0) is 38.0 Å². The van der Waals surface area contributed by atoms with Crippen molar-refractivity contribution in [2.45, 2.75) is 32.1 Å². The molecule has 0 atom stereocenters. The van der Waals surface area contributed by atoms with E-state index in [1.165, 1.54) is 33.3 Å². The summed E-state index contributed by atoms with van der Waals surface area (Å²) < 4.78 is 36.9. The van der Waals surface area contributed by atoms with E-state index in [9.17, 15) is 18.6 Å². The molecule has 0 aliphatic rings. The second kappa shape index (κ2) is 7.92. The summed E-state index contributed by atoms with van der Waals surface area (Å²) in [5, 5.41) is 21.2. The third-order valence-corrected chi connectivity index (χ3v) is 6.06. The van der Waals surface area contributed by atoms with Gasteiger partial charge in [-0.15, -0.1) is 0 Å². The van der Waals surface area contributed by atoms with Gasteiger partial charge in [0.05, 0.1) is 24.0 Å². The van der Waals surface area contributed by atoms with Crippen molar-refractivity contribution in [2.24, 2.45) is 0 Å². The molecule has 27 heavy (non-hydrogen) atoms. The predicted molar refractivity (Wildman–Crippen MR) is 104 cm³/mol. The van der Waals surface area contributed by atoms with Crippen LogP contribution in [0.25, 0.3) is 4.91 Å². The van der Waals surface area contributed by atoms with Gasteiger partial charge in [0.25, 0.3) is 0 Å². The summed E-state index contributed by atoms with van der Waals surface area (Å²) in [6, 6.07) is 6.52. The van der Waals surface area contributed by atoms with Crippen molar-refractivity contribution in [3.8, 4) is 23.0 Å². The van der Waals surface area contributed by atoms with Crippen LogP contribution in [0.3, 0.4) is 0 Å². The summed E-state index contributed by atoms with van der Waals surface area (Å²) in [6.45, 7) is 5.10. The van der Waals surface area contributed by atoms with Crippen molar-refractivity contribution in [1.82, 2.24) is 0 Å². The van der Waals surface area contributed by atoms with Gasteiger partial charge in [-0.3, -0.25) is 0 Å². The summed E-state index contributed by atoms with van der Waals surface area (Å²) in [5.74, 6) is -0.874. The maximum Gasteiger partial charge on any atom is 0.207 e. The van der Waals surface area contributed by atoms with Crippen LogP contribution in [0.1, 0.15) is 30.0 Å². The van der Waals surface area contributed by atoms with Crippen LogP contribution in [0, 0.1) is 13.8 Å². The van der Waals surface area contributed by atoms with Gasteiger partial charge < -0.3 is 19.7 Å². The smallest absolute Gasteiger partial charge is 0.207 e. The van der Waals surface area contributed by atoms with Crippen molar-refractivity contribution in [3.05, 3.63) is 47.0 Å². The third kappa shape index (κ3) is 3.60. The minimum Gasteiger partial charge on any atom is -0.504 e. The quantitative estimate of drug-likeness (QED) is 0.723. The Hall–Kier alpha value is -2.67. The minimum absolute atomic E-state index is 0.00601. The van der Waals surface area contributed by atoms with E-state index in [0.717, 1.165) is 5.56 Å². The fraction of sp³-hybridized carbons (Fsp3) is 0.300. The number of rotatable bonds is 6. The largest absolute Gasteiger partial charge is 0.504 e. The second-order valence-electron chi connectivity index (χ2n) is 6.06. The zero-order valence-corrected chi connectivity index (χ0v) is 16.8. The molecule has 7 heteroatoms. The Morgan fingerprint density at radius 2 is 1.67 bits per heavy atom. The molecule has 0 heterocycles. The Balaban J connectivity index is 2.87. The average molecular weight is 392 g/mol. The first-order valence-electron chi connectivity index (χ1n) is 8.39. The normalized spacial score (nSPS) is 12.1. The van der Waals surface area contributed by atoms with Crippen molar-refractivity contribution < 1.29 is 28.1 Å². The van der Waals surface area contributed by atoms with Crippen molar-refractivity contribution in [2.75, 3.05) is 14.2 Å². The Bertz CT molecular complexity index is 990. The summed E-state index contributed by atoms with van der Waals surface area (Å²) >= 11 is 0. The highest BCUT2D eigenvalue weighted by molar-refractivity contribution is 8.00. The van der Waals surface area contributed by atoms with Gasteiger partial charge in [-0.25, -0.2) is 8.42 Å². The molecule has 6 nitrogen and oxygen atoms in total. The monoisotopic (exact) mass is 392 g/mol. The molecule has 146 valence electrons. The topological polar surface area (TPSA) is 93.1 Å². The first-order chi connectivity index (χ1) is 12.7. The van der Waals surface area contributed by atoms with Gasteiger partial charge in [-0.2, -0.15) is 0 Å². The van der Waals surface area contributed by atoms with Gasteiger partial charge in [0, 0.05) is 11.1 Å². The number of aryl methyl sites for hydroxylation is 1. The Morgan fingerprint density at radius 3 is 2.19 bits per heavy atom. The molecule has 2 aromatic rings. The highest BCUT2D eigenvalue weighted by atomic mass is 32.2. The fourth-order valence-corrected chi connectivity index (χ4v) is 4.67. The zero-order chi connectivity index (χ0) is 20.4. The standard InChI is InChI=1S/C20H24O6S/c1-6-8-15(27(23,24)14-10-7-9-12(2)11-14)16-13(3)17(21)19(25-4)20(26-5)18(16)22/h7-11,21-22H,6H2,1-5H3/b15-8-. The predicted octanol–water partition coefficient (Wildman–Crippen LogP) is 3.96. The molecular weight excluding hydrogens is 368 g/mol. The molecule has 0 fully saturated rings. The van der Waals surface area contributed by atoms with Gasteiger partial charge >= 0.3 is 0 Å². The summed E-state index contributed by atoms with van der Waals surface area (Å²) in [5.41, 5.74) is 0.970. The maximum absolute atomic E-state index is 13.3. The van der Waals surface area contributed by atoms with E-state index in [2.05, 4.69) is 0 Å². The van der Waals surface area contributed by atoms with Crippen LogP contribution >= 0.6 is 0 Å². The number of aromatic hydroxyl groups is 2. The zero-order valence-electron chi connectivity index (χ0n) is 16.0. The van der Waals surface area contributed by atoms with E-state index >= 15 is 0 Å². The molecule has 0 saturated heterocycles. The van der Waals surface area contributed by atoms with E-state index in [0.29, 0.717) is 6.42 Å². The first-order valence-corrected chi connectivity index (χ1v) is 9.87. The molecule has 0 aliphatic heterocycles. The molecule has 0 aromatic heterocycles. The Labute approximate surface area is 159 Å². The number of benzene rings is 2. The first kappa shape index (κ1) is 20.6. The number of phenols is 2. The van der Waals surface area contributed by atoms with Gasteiger partial charge in [-0.1, -0.05) is 25.1 Å². The highest BCUT2D eigenvalue weighted by Crippen LogP contribution is 2.51. The Kier molecular flexibility index (Phi) is 6.05. The number of hydrogen-bond acceptors (Lipinski definition) is 6. The van der Waals surface area contributed by atoms with E-state index in [-0.39, 0.29) is 38.2 Å². The molecule has 2 N–H and O–H groups in total. The minimum atomic E-state index is -3.95. The SMILES string of the molecule is CC/C=C(/c1c(C)c(O)c(OC)c(OC)c1O)S(=O)(=O)c1cccc(C)c1. The van der Waals surface area contributed by atoms with Gasteiger partial charge in [0.15, 0.2) is 11.5 Å². The summed E-state index contributed by atoms with van der Waals surface area (Å²) in [6.07, 6.45) is 1.92. The molecule has 0 aliphatic carbocycles.